The molecule has 2 unspecified atom stereocenters. The van der Waals surface area contributed by atoms with Gasteiger partial charge in [0, 0.05) is 23.2 Å². The summed E-state index contributed by atoms with van der Waals surface area (Å²) in [7, 11) is 0. The number of fused-ring (bicyclic) bond motifs is 2. The van der Waals surface area contributed by atoms with Gasteiger partial charge >= 0.3 is 0 Å². The lowest BCUT2D eigenvalue weighted by Crippen LogP contribution is -2.38. The predicted octanol–water partition coefficient (Wildman–Crippen LogP) is 3.51. The van der Waals surface area contributed by atoms with Gasteiger partial charge in [0.15, 0.2) is 0 Å². The number of nitrogens with zero attached hydrogens (tertiary/aromatic N) is 1. The molecule has 2 amide bonds. The standard InChI is InChI=1S/C22H22N4O2/c27-20-12-15-10-14(8-9-17(15)24-20)22(28)23-16-5-3-4-13(11-16)21-25-18-6-1-2-7-19(18)26-21/h1-2,6-10,13,16H,3-5,11-12H2,(H,23,28)(H,24,27)(H,25,26). The van der Waals surface area contributed by atoms with Crippen molar-refractivity contribution in [3.05, 3.63) is 59.4 Å². The lowest BCUT2D eigenvalue weighted by atomic mass is 9.85. The highest BCUT2D eigenvalue weighted by atomic mass is 16.2. The average molecular weight is 374 g/mol. The van der Waals surface area contributed by atoms with Crippen molar-refractivity contribution in [2.75, 3.05) is 5.32 Å². The van der Waals surface area contributed by atoms with Crippen LogP contribution in [0.5, 0.6) is 0 Å². The summed E-state index contributed by atoms with van der Waals surface area (Å²) in [6, 6.07) is 13.6. The zero-order valence-corrected chi connectivity index (χ0v) is 15.5. The normalized spacial score (nSPS) is 21.4. The third-order valence-electron chi connectivity index (χ3n) is 5.80. The highest BCUT2D eigenvalue weighted by Crippen LogP contribution is 2.32. The number of H-pyrrole nitrogens is 1. The second-order valence-corrected chi connectivity index (χ2v) is 7.77. The fourth-order valence-corrected chi connectivity index (χ4v) is 4.37. The third kappa shape index (κ3) is 3.15. The monoisotopic (exact) mass is 374 g/mol. The Bertz CT molecular complexity index is 1040. The molecule has 0 radical (unpaired) electrons. The van der Waals surface area contributed by atoms with Crippen LogP contribution in [0.3, 0.4) is 0 Å². The van der Waals surface area contributed by atoms with E-state index in [1.54, 1.807) is 6.07 Å². The number of nitrogens with one attached hydrogen (secondary N) is 3. The van der Waals surface area contributed by atoms with Crippen molar-refractivity contribution in [3.63, 3.8) is 0 Å². The maximum atomic E-state index is 12.7. The van der Waals surface area contributed by atoms with Gasteiger partial charge in [0.25, 0.3) is 5.91 Å². The molecule has 3 N–H and O–H groups in total. The quantitative estimate of drug-likeness (QED) is 0.656. The number of para-hydroxylation sites is 2. The van der Waals surface area contributed by atoms with Crippen LogP contribution in [0, 0.1) is 0 Å². The molecule has 28 heavy (non-hydrogen) atoms. The van der Waals surface area contributed by atoms with Gasteiger partial charge in [-0.25, -0.2) is 4.98 Å². The molecule has 6 heteroatoms. The molecule has 1 aromatic heterocycles. The van der Waals surface area contributed by atoms with Crippen LogP contribution in [0.15, 0.2) is 42.5 Å². The molecule has 2 heterocycles. The van der Waals surface area contributed by atoms with E-state index in [9.17, 15) is 9.59 Å². The molecule has 0 spiro atoms. The van der Waals surface area contributed by atoms with E-state index in [0.29, 0.717) is 17.9 Å². The van der Waals surface area contributed by atoms with Crippen LogP contribution < -0.4 is 10.6 Å². The Morgan fingerprint density at radius 3 is 2.93 bits per heavy atom. The molecule has 142 valence electrons. The van der Waals surface area contributed by atoms with Gasteiger partial charge in [0.2, 0.25) is 5.91 Å². The zero-order valence-electron chi connectivity index (χ0n) is 15.5. The Labute approximate surface area is 162 Å². The van der Waals surface area contributed by atoms with Crippen LogP contribution in [0.1, 0.15) is 53.3 Å². The summed E-state index contributed by atoms with van der Waals surface area (Å²) in [5, 5.41) is 5.98. The smallest absolute Gasteiger partial charge is 0.251 e. The number of carbonyl (C=O) groups excluding carboxylic acids is 2. The molecule has 5 rings (SSSR count). The Kier molecular flexibility index (Phi) is 4.11. The Morgan fingerprint density at radius 2 is 2.04 bits per heavy atom. The zero-order chi connectivity index (χ0) is 19.1. The predicted molar refractivity (Wildman–Crippen MR) is 107 cm³/mol. The average Bonchev–Trinajstić information content (AvgIpc) is 3.29. The van der Waals surface area contributed by atoms with Gasteiger partial charge in [-0.1, -0.05) is 18.6 Å². The Hall–Kier alpha value is -3.15. The summed E-state index contributed by atoms with van der Waals surface area (Å²) in [5.74, 6) is 1.25. The van der Waals surface area contributed by atoms with Crippen molar-refractivity contribution >= 4 is 28.5 Å². The second-order valence-electron chi connectivity index (χ2n) is 7.77. The largest absolute Gasteiger partial charge is 0.349 e. The van der Waals surface area contributed by atoms with Crippen molar-refractivity contribution in [1.29, 1.82) is 0 Å². The number of aromatic amines is 1. The second kappa shape index (κ2) is 6.78. The SMILES string of the molecule is O=C1Cc2cc(C(=O)NC3CCCC(c4nc5ccccc5[nH]4)C3)ccc2N1. The summed E-state index contributed by atoms with van der Waals surface area (Å²) in [4.78, 5) is 32.4. The summed E-state index contributed by atoms with van der Waals surface area (Å²) >= 11 is 0. The highest BCUT2D eigenvalue weighted by molar-refractivity contribution is 6.01. The van der Waals surface area contributed by atoms with Gasteiger partial charge in [-0.15, -0.1) is 0 Å². The van der Waals surface area contributed by atoms with Crippen molar-refractivity contribution in [2.24, 2.45) is 0 Å². The lowest BCUT2D eigenvalue weighted by Gasteiger charge is -2.28. The number of rotatable bonds is 3. The molecular formula is C22H22N4O2. The minimum atomic E-state index is -0.0718. The first-order valence-corrected chi connectivity index (χ1v) is 9.84. The van der Waals surface area contributed by atoms with Crippen LogP contribution >= 0.6 is 0 Å². The fraction of sp³-hybridized carbons (Fsp3) is 0.318. The molecule has 0 saturated heterocycles. The molecular weight excluding hydrogens is 352 g/mol. The van der Waals surface area contributed by atoms with E-state index in [1.807, 2.05) is 36.4 Å². The number of carbonyl (C=O) groups is 2. The summed E-state index contributed by atoms with van der Waals surface area (Å²) in [5.41, 5.74) is 4.36. The van der Waals surface area contributed by atoms with Crippen molar-refractivity contribution in [3.8, 4) is 0 Å². The van der Waals surface area contributed by atoms with E-state index in [2.05, 4.69) is 15.6 Å². The van der Waals surface area contributed by atoms with E-state index in [0.717, 1.165) is 53.8 Å². The molecule has 1 saturated carbocycles. The number of anilines is 1. The number of hydrogen-bond donors (Lipinski definition) is 3. The van der Waals surface area contributed by atoms with Crippen molar-refractivity contribution in [2.45, 2.75) is 44.1 Å². The lowest BCUT2D eigenvalue weighted by molar-refractivity contribution is -0.115. The maximum absolute atomic E-state index is 12.7. The number of benzene rings is 2. The minimum absolute atomic E-state index is 0.0199. The first-order valence-electron chi connectivity index (χ1n) is 9.84. The molecule has 1 aliphatic carbocycles. The van der Waals surface area contributed by atoms with Crippen LogP contribution in [0.25, 0.3) is 11.0 Å². The molecule has 3 aromatic rings. The van der Waals surface area contributed by atoms with Crippen LogP contribution in [-0.4, -0.2) is 27.8 Å². The van der Waals surface area contributed by atoms with Gasteiger partial charge in [-0.3, -0.25) is 9.59 Å². The van der Waals surface area contributed by atoms with E-state index < -0.39 is 0 Å². The van der Waals surface area contributed by atoms with Crippen molar-refractivity contribution in [1.82, 2.24) is 15.3 Å². The summed E-state index contributed by atoms with van der Waals surface area (Å²) in [6.45, 7) is 0. The van der Waals surface area contributed by atoms with Crippen LogP contribution in [0.2, 0.25) is 0 Å². The fourth-order valence-electron chi connectivity index (χ4n) is 4.37. The van der Waals surface area contributed by atoms with E-state index in [-0.39, 0.29) is 17.9 Å². The molecule has 1 fully saturated rings. The minimum Gasteiger partial charge on any atom is -0.349 e. The van der Waals surface area contributed by atoms with Gasteiger partial charge in [-0.2, -0.15) is 0 Å². The third-order valence-corrected chi connectivity index (χ3v) is 5.80. The Morgan fingerprint density at radius 1 is 1.14 bits per heavy atom. The van der Waals surface area contributed by atoms with Gasteiger partial charge in [0.05, 0.1) is 17.5 Å². The summed E-state index contributed by atoms with van der Waals surface area (Å²) < 4.78 is 0. The van der Waals surface area contributed by atoms with Gasteiger partial charge in [0.1, 0.15) is 5.82 Å². The van der Waals surface area contributed by atoms with Crippen molar-refractivity contribution < 1.29 is 9.59 Å². The van der Waals surface area contributed by atoms with Crippen LogP contribution in [0.4, 0.5) is 5.69 Å². The van der Waals surface area contributed by atoms with Gasteiger partial charge in [-0.05, 0) is 55.2 Å². The highest BCUT2D eigenvalue weighted by Gasteiger charge is 2.27. The molecule has 2 aromatic carbocycles. The number of imidazole rings is 1. The number of aromatic nitrogens is 2. The number of hydrogen-bond acceptors (Lipinski definition) is 3. The topological polar surface area (TPSA) is 86.9 Å². The molecule has 0 bridgehead atoms. The maximum Gasteiger partial charge on any atom is 0.251 e. The van der Waals surface area contributed by atoms with Gasteiger partial charge < -0.3 is 15.6 Å². The van der Waals surface area contributed by atoms with E-state index >= 15 is 0 Å². The van der Waals surface area contributed by atoms with E-state index in [1.165, 1.54) is 0 Å². The molecule has 1 aliphatic heterocycles. The first-order chi connectivity index (χ1) is 13.7. The Balaban J connectivity index is 1.28. The van der Waals surface area contributed by atoms with Crippen LogP contribution in [-0.2, 0) is 11.2 Å². The first kappa shape index (κ1) is 17.0. The molecule has 2 aliphatic rings. The number of amides is 2. The molecule has 2 atom stereocenters. The van der Waals surface area contributed by atoms with E-state index in [4.69, 9.17) is 4.98 Å². The molecule has 6 nitrogen and oxygen atoms in total. The summed E-state index contributed by atoms with van der Waals surface area (Å²) in [6.07, 6.45) is 4.35.